The first-order valence-corrected chi connectivity index (χ1v) is 8.01. The maximum absolute atomic E-state index is 14.7. The minimum absolute atomic E-state index is 0.0823. The normalized spacial score (nSPS) is 13.8. The molecule has 142 valence electrons. The number of aliphatic hydroxyl groups is 1. The summed E-state index contributed by atoms with van der Waals surface area (Å²) in [4.78, 5) is 14.7. The van der Waals surface area contributed by atoms with Crippen molar-refractivity contribution in [2.45, 2.75) is 25.9 Å². The molecule has 6 nitrogen and oxygen atoms in total. The highest BCUT2D eigenvalue weighted by Gasteiger charge is 2.39. The average Bonchev–Trinajstić information content (AvgIpc) is 2.94. The number of benzene rings is 1. The molecule has 0 radical (unpaired) electrons. The molecular weight excluding hydrogens is 361 g/mol. The number of anilines is 1. The smallest absolute Gasteiger partial charge is 0.272 e. The molecule has 1 aromatic carbocycles. The zero-order valence-corrected chi connectivity index (χ0v) is 14.8. The van der Waals surface area contributed by atoms with E-state index in [4.69, 9.17) is 0 Å². The van der Waals surface area contributed by atoms with Crippen LogP contribution >= 0.6 is 0 Å². The number of rotatable bonds is 5. The SMILES string of the molecule is Cc1cnc(NC=O)cc1-c1cc(F)c2nn(C)c(C(C)(O)C(F)F)c2c1. The van der Waals surface area contributed by atoms with Gasteiger partial charge in [-0.3, -0.25) is 9.48 Å². The molecule has 1 amide bonds. The van der Waals surface area contributed by atoms with Crippen molar-refractivity contribution >= 4 is 23.1 Å². The largest absolute Gasteiger partial charge is 0.378 e. The van der Waals surface area contributed by atoms with Gasteiger partial charge in [0, 0.05) is 18.6 Å². The van der Waals surface area contributed by atoms with E-state index in [0.717, 1.165) is 11.6 Å². The van der Waals surface area contributed by atoms with Gasteiger partial charge >= 0.3 is 0 Å². The van der Waals surface area contributed by atoms with Gasteiger partial charge in [0.15, 0.2) is 11.4 Å². The van der Waals surface area contributed by atoms with Crippen LogP contribution in [0.5, 0.6) is 0 Å². The second-order valence-corrected chi connectivity index (χ2v) is 6.42. The molecule has 3 rings (SSSR count). The number of amides is 1. The van der Waals surface area contributed by atoms with E-state index >= 15 is 0 Å². The predicted molar refractivity (Wildman–Crippen MR) is 93.9 cm³/mol. The Kier molecular flexibility index (Phi) is 4.64. The quantitative estimate of drug-likeness (QED) is 0.669. The molecule has 0 fully saturated rings. The van der Waals surface area contributed by atoms with E-state index in [9.17, 15) is 23.1 Å². The van der Waals surface area contributed by atoms with Crippen LogP contribution in [0.2, 0.25) is 0 Å². The lowest BCUT2D eigenvalue weighted by atomic mass is 9.95. The van der Waals surface area contributed by atoms with Gasteiger partial charge in [0.1, 0.15) is 11.3 Å². The summed E-state index contributed by atoms with van der Waals surface area (Å²) < 4.78 is 42.5. The molecule has 0 aliphatic carbocycles. The third-order valence-corrected chi connectivity index (χ3v) is 4.42. The fourth-order valence-corrected chi connectivity index (χ4v) is 3.09. The summed E-state index contributed by atoms with van der Waals surface area (Å²) in [5.74, 6) is -0.451. The molecule has 2 heterocycles. The fourth-order valence-electron chi connectivity index (χ4n) is 3.09. The molecule has 0 bridgehead atoms. The van der Waals surface area contributed by atoms with Crippen LogP contribution in [0, 0.1) is 12.7 Å². The second-order valence-electron chi connectivity index (χ2n) is 6.42. The number of carbonyl (C=O) groups is 1. The fraction of sp³-hybridized carbons (Fsp3) is 0.278. The van der Waals surface area contributed by atoms with Gasteiger partial charge in [0.05, 0.1) is 5.69 Å². The van der Waals surface area contributed by atoms with Crippen LogP contribution in [0.1, 0.15) is 18.2 Å². The minimum Gasteiger partial charge on any atom is -0.378 e. The number of fused-ring (bicyclic) bond motifs is 1. The Labute approximate surface area is 152 Å². The molecule has 1 atom stereocenters. The number of alkyl halides is 2. The van der Waals surface area contributed by atoms with Gasteiger partial charge < -0.3 is 10.4 Å². The third kappa shape index (κ3) is 3.14. The van der Waals surface area contributed by atoms with E-state index in [1.807, 2.05) is 0 Å². The van der Waals surface area contributed by atoms with Crippen LogP contribution in [-0.4, -0.2) is 32.7 Å². The Morgan fingerprint density at radius 1 is 1.33 bits per heavy atom. The molecule has 0 saturated carbocycles. The predicted octanol–water partition coefficient (Wildman–Crippen LogP) is 3.12. The second kappa shape index (κ2) is 6.66. The van der Waals surface area contributed by atoms with Crippen molar-refractivity contribution in [2.24, 2.45) is 7.05 Å². The van der Waals surface area contributed by atoms with Gasteiger partial charge in [-0.25, -0.2) is 18.2 Å². The van der Waals surface area contributed by atoms with Crippen molar-refractivity contribution in [2.75, 3.05) is 5.32 Å². The molecule has 1 unspecified atom stereocenters. The molecule has 27 heavy (non-hydrogen) atoms. The molecule has 0 aliphatic rings. The zero-order valence-electron chi connectivity index (χ0n) is 14.8. The zero-order chi connectivity index (χ0) is 19.9. The number of nitrogens with zero attached hydrogens (tertiary/aromatic N) is 3. The van der Waals surface area contributed by atoms with E-state index < -0.39 is 17.8 Å². The number of hydrogen-bond acceptors (Lipinski definition) is 4. The topological polar surface area (TPSA) is 80.0 Å². The van der Waals surface area contributed by atoms with E-state index in [1.54, 1.807) is 13.0 Å². The van der Waals surface area contributed by atoms with E-state index in [2.05, 4.69) is 15.4 Å². The Bertz CT molecular complexity index is 1030. The number of hydrogen-bond donors (Lipinski definition) is 2. The van der Waals surface area contributed by atoms with Crippen LogP contribution in [-0.2, 0) is 17.4 Å². The van der Waals surface area contributed by atoms with Crippen molar-refractivity contribution in [3.63, 3.8) is 0 Å². The first-order chi connectivity index (χ1) is 12.7. The first-order valence-electron chi connectivity index (χ1n) is 8.01. The van der Waals surface area contributed by atoms with E-state index in [1.165, 1.54) is 25.4 Å². The van der Waals surface area contributed by atoms with Crippen molar-refractivity contribution in [3.05, 3.63) is 41.5 Å². The monoisotopic (exact) mass is 378 g/mol. The molecule has 2 N–H and O–H groups in total. The number of pyridine rings is 1. The highest BCUT2D eigenvalue weighted by atomic mass is 19.3. The number of halogens is 3. The van der Waals surface area contributed by atoms with Gasteiger partial charge in [-0.05, 0) is 48.7 Å². The Balaban J connectivity index is 2.29. The molecule has 3 aromatic rings. The van der Waals surface area contributed by atoms with Crippen LogP contribution in [0.15, 0.2) is 24.4 Å². The summed E-state index contributed by atoms with van der Waals surface area (Å²) in [5, 5.41) is 16.7. The Hall–Kier alpha value is -2.94. The van der Waals surface area contributed by atoms with Gasteiger partial charge in [-0.15, -0.1) is 0 Å². The standard InChI is InChI=1S/C18H17F3N4O2/c1-9-7-22-14(23-8-26)6-11(9)10-4-12-15(13(19)5-10)24-25(3)16(12)18(2,27)17(20)21/h4-8,17,27H,1-3H3,(H,22,23,26). The lowest BCUT2D eigenvalue weighted by Gasteiger charge is -2.23. The average molecular weight is 378 g/mol. The Morgan fingerprint density at radius 2 is 2.04 bits per heavy atom. The van der Waals surface area contributed by atoms with Crippen LogP contribution in [0.3, 0.4) is 0 Å². The van der Waals surface area contributed by atoms with Gasteiger partial charge in [0.2, 0.25) is 6.41 Å². The van der Waals surface area contributed by atoms with Gasteiger partial charge in [-0.2, -0.15) is 5.10 Å². The number of nitrogens with one attached hydrogen (secondary N) is 1. The summed E-state index contributed by atoms with van der Waals surface area (Å²) >= 11 is 0. The molecule has 0 saturated heterocycles. The summed E-state index contributed by atoms with van der Waals surface area (Å²) in [6.45, 7) is 2.71. The summed E-state index contributed by atoms with van der Waals surface area (Å²) in [5.41, 5.74) is -1.18. The highest BCUT2D eigenvalue weighted by molar-refractivity contribution is 5.89. The molecule has 9 heteroatoms. The van der Waals surface area contributed by atoms with Crippen molar-refractivity contribution in [3.8, 4) is 11.1 Å². The van der Waals surface area contributed by atoms with Crippen molar-refractivity contribution in [1.82, 2.24) is 14.8 Å². The molecule has 0 spiro atoms. The van der Waals surface area contributed by atoms with Crippen LogP contribution < -0.4 is 5.32 Å². The van der Waals surface area contributed by atoms with Crippen molar-refractivity contribution in [1.29, 1.82) is 0 Å². The minimum atomic E-state index is -3.09. The third-order valence-electron chi connectivity index (χ3n) is 4.42. The number of carbonyl (C=O) groups excluding carboxylic acids is 1. The van der Waals surface area contributed by atoms with Gasteiger partial charge in [0.25, 0.3) is 6.43 Å². The number of aromatic nitrogens is 3. The van der Waals surface area contributed by atoms with Crippen LogP contribution in [0.25, 0.3) is 22.0 Å². The lowest BCUT2D eigenvalue weighted by molar-refractivity contribution is -0.105. The van der Waals surface area contributed by atoms with Crippen LogP contribution in [0.4, 0.5) is 19.0 Å². The molecule has 2 aromatic heterocycles. The summed E-state index contributed by atoms with van der Waals surface area (Å²) in [7, 11) is 1.37. The van der Waals surface area contributed by atoms with Gasteiger partial charge in [-0.1, -0.05) is 0 Å². The maximum atomic E-state index is 14.7. The lowest BCUT2D eigenvalue weighted by Crippen LogP contribution is -2.33. The Morgan fingerprint density at radius 3 is 2.67 bits per heavy atom. The van der Waals surface area contributed by atoms with E-state index in [0.29, 0.717) is 23.1 Å². The highest BCUT2D eigenvalue weighted by Crippen LogP contribution is 2.37. The molecular formula is C18H17F3N4O2. The maximum Gasteiger partial charge on any atom is 0.272 e. The number of aryl methyl sites for hydroxylation is 2. The first kappa shape index (κ1) is 18.8. The summed E-state index contributed by atoms with van der Waals surface area (Å²) in [6.07, 6.45) is -1.12. The molecule has 0 aliphatic heterocycles. The van der Waals surface area contributed by atoms with E-state index in [-0.39, 0.29) is 22.4 Å². The summed E-state index contributed by atoms with van der Waals surface area (Å²) in [6, 6.07) is 4.26. The van der Waals surface area contributed by atoms with Crippen molar-refractivity contribution < 1.29 is 23.1 Å².